The number of halogens is 1. The molecule has 1 amide bonds. The third kappa shape index (κ3) is 2.44. The van der Waals surface area contributed by atoms with E-state index in [1.807, 2.05) is 0 Å². The fraction of sp³-hybridized carbons (Fsp3) is 0.941. The standard InChI is InChI=1S/C17H28BrNO/c1-12(4-5-18)19-14(20)17-8-13-6-15(2,10-17)9-16(3,7-13)11-17/h12-13H,4-11H2,1-3H3,(H,19,20). The van der Waals surface area contributed by atoms with Gasteiger partial charge < -0.3 is 5.32 Å². The van der Waals surface area contributed by atoms with Gasteiger partial charge in [0.25, 0.3) is 0 Å². The van der Waals surface area contributed by atoms with Gasteiger partial charge in [0.15, 0.2) is 0 Å². The predicted octanol–water partition coefficient (Wildman–Crippen LogP) is 4.27. The van der Waals surface area contributed by atoms with Gasteiger partial charge in [0.05, 0.1) is 5.41 Å². The van der Waals surface area contributed by atoms with E-state index < -0.39 is 0 Å². The number of rotatable bonds is 4. The van der Waals surface area contributed by atoms with Crippen molar-refractivity contribution in [3.63, 3.8) is 0 Å². The first-order valence-corrected chi connectivity index (χ1v) is 9.27. The zero-order chi connectivity index (χ0) is 14.6. The van der Waals surface area contributed by atoms with Crippen molar-refractivity contribution in [2.75, 3.05) is 5.33 Å². The van der Waals surface area contributed by atoms with Crippen molar-refractivity contribution in [2.45, 2.75) is 71.8 Å². The molecule has 4 aliphatic carbocycles. The molecule has 20 heavy (non-hydrogen) atoms. The van der Waals surface area contributed by atoms with Crippen LogP contribution in [0.1, 0.15) is 65.7 Å². The van der Waals surface area contributed by atoms with Crippen LogP contribution in [0.15, 0.2) is 0 Å². The SMILES string of the molecule is CC(CCBr)NC(=O)C12CC3CC(C)(CC(C)(C3)C1)C2. The maximum Gasteiger partial charge on any atom is 0.226 e. The highest BCUT2D eigenvalue weighted by Crippen LogP contribution is 2.69. The highest BCUT2D eigenvalue weighted by atomic mass is 79.9. The molecule has 4 rings (SSSR count). The summed E-state index contributed by atoms with van der Waals surface area (Å²) in [5.41, 5.74) is 0.790. The Morgan fingerprint density at radius 2 is 1.80 bits per heavy atom. The van der Waals surface area contributed by atoms with Crippen molar-refractivity contribution >= 4 is 21.8 Å². The Morgan fingerprint density at radius 1 is 1.20 bits per heavy atom. The largest absolute Gasteiger partial charge is 0.353 e. The minimum atomic E-state index is -0.0521. The second-order valence-electron chi connectivity index (χ2n) is 8.76. The topological polar surface area (TPSA) is 29.1 Å². The van der Waals surface area contributed by atoms with Gasteiger partial charge in [0.1, 0.15) is 0 Å². The van der Waals surface area contributed by atoms with Gasteiger partial charge in [0.2, 0.25) is 5.91 Å². The molecule has 0 radical (unpaired) electrons. The van der Waals surface area contributed by atoms with E-state index in [0.29, 0.717) is 16.7 Å². The lowest BCUT2D eigenvalue weighted by molar-refractivity contribution is -0.170. The molecular weight excluding hydrogens is 314 g/mol. The second kappa shape index (κ2) is 4.72. The molecule has 114 valence electrons. The fourth-order valence-corrected chi connectivity index (χ4v) is 7.00. The molecule has 0 heterocycles. The van der Waals surface area contributed by atoms with E-state index >= 15 is 0 Å². The Labute approximate surface area is 131 Å². The number of hydrogen-bond donors (Lipinski definition) is 1. The highest BCUT2D eigenvalue weighted by molar-refractivity contribution is 9.09. The van der Waals surface area contributed by atoms with Crippen LogP contribution in [0.5, 0.6) is 0 Å². The summed E-state index contributed by atoms with van der Waals surface area (Å²) in [6.45, 7) is 6.99. The van der Waals surface area contributed by atoms with Crippen molar-refractivity contribution in [3.05, 3.63) is 0 Å². The summed E-state index contributed by atoms with van der Waals surface area (Å²) in [4.78, 5) is 12.9. The first kappa shape index (κ1) is 14.9. The second-order valence-corrected chi connectivity index (χ2v) is 9.56. The lowest BCUT2D eigenvalue weighted by atomic mass is 9.40. The number of hydrogen-bond acceptors (Lipinski definition) is 1. The Morgan fingerprint density at radius 3 is 2.30 bits per heavy atom. The minimum Gasteiger partial charge on any atom is -0.353 e. The summed E-state index contributed by atoms with van der Waals surface area (Å²) in [5, 5.41) is 4.26. The van der Waals surface area contributed by atoms with Crippen molar-refractivity contribution in [2.24, 2.45) is 22.2 Å². The first-order valence-electron chi connectivity index (χ1n) is 8.15. The molecule has 0 aromatic carbocycles. The van der Waals surface area contributed by atoms with Crippen molar-refractivity contribution in [1.29, 1.82) is 0 Å². The van der Waals surface area contributed by atoms with Crippen molar-refractivity contribution < 1.29 is 4.79 Å². The Hall–Kier alpha value is -0.0500. The summed E-state index contributed by atoms with van der Waals surface area (Å²) < 4.78 is 0. The van der Waals surface area contributed by atoms with E-state index in [2.05, 4.69) is 42.0 Å². The summed E-state index contributed by atoms with van der Waals surface area (Å²) in [6, 6.07) is 0.287. The molecule has 4 saturated carbocycles. The molecule has 0 aliphatic heterocycles. The van der Waals surface area contributed by atoms with Crippen LogP contribution in [-0.4, -0.2) is 17.3 Å². The van der Waals surface area contributed by atoms with Crippen LogP contribution in [0.2, 0.25) is 0 Å². The van der Waals surface area contributed by atoms with E-state index in [9.17, 15) is 4.79 Å². The molecule has 0 aromatic rings. The smallest absolute Gasteiger partial charge is 0.226 e. The Bertz CT molecular complexity index is 403. The maximum absolute atomic E-state index is 12.9. The van der Waals surface area contributed by atoms with Gasteiger partial charge in [-0.3, -0.25) is 4.79 Å². The monoisotopic (exact) mass is 341 g/mol. The summed E-state index contributed by atoms with van der Waals surface area (Å²) in [7, 11) is 0. The first-order chi connectivity index (χ1) is 9.28. The zero-order valence-corrected chi connectivity index (χ0v) is 14.7. The Balaban J connectivity index is 1.80. The van der Waals surface area contributed by atoms with Crippen LogP contribution in [0, 0.1) is 22.2 Å². The van der Waals surface area contributed by atoms with Crippen LogP contribution >= 0.6 is 15.9 Å². The van der Waals surface area contributed by atoms with Crippen molar-refractivity contribution in [3.8, 4) is 0 Å². The molecule has 3 heteroatoms. The molecule has 4 fully saturated rings. The summed E-state index contributed by atoms with van der Waals surface area (Å²) >= 11 is 3.47. The fourth-order valence-electron chi connectivity index (χ4n) is 6.31. The number of amides is 1. The van der Waals surface area contributed by atoms with Gasteiger partial charge in [-0.25, -0.2) is 0 Å². The maximum atomic E-state index is 12.9. The average Bonchev–Trinajstić information content (AvgIpc) is 2.23. The number of alkyl halides is 1. The molecule has 4 bridgehead atoms. The molecule has 3 unspecified atom stereocenters. The number of carbonyl (C=O) groups is 1. The van der Waals surface area contributed by atoms with Gasteiger partial charge in [0, 0.05) is 11.4 Å². The highest BCUT2D eigenvalue weighted by Gasteiger charge is 2.62. The van der Waals surface area contributed by atoms with Gasteiger partial charge in [-0.15, -0.1) is 0 Å². The number of carbonyl (C=O) groups excluding carboxylic acids is 1. The van der Waals surface area contributed by atoms with E-state index in [-0.39, 0.29) is 11.5 Å². The quantitative estimate of drug-likeness (QED) is 0.760. The van der Waals surface area contributed by atoms with E-state index in [4.69, 9.17) is 0 Å². The summed E-state index contributed by atoms with van der Waals surface area (Å²) in [5.74, 6) is 1.14. The van der Waals surface area contributed by atoms with Crippen LogP contribution in [-0.2, 0) is 4.79 Å². The molecule has 0 aromatic heterocycles. The lowest BCUT2D eigenvalue weighted by Gasteiger charge is -2.64. The van der Waals surface area contributed by atoms with Gasteiger partial charge in [-0.05, 0) is 68.6 Å². The summed E-state index contributed by atoms with van der Waals surface area (Å²) in [6.07, 6.45) is 8.45. The predicted molar refractivity (Wildman–Crippen MR) is 85.9 cm³/mol. The van der Waals surface area contributed by atoms with Gasteiger partial charge in [-0.2, -0.15) is 0 Å². The molecule has 3 atom stereocenters. The van der Waals surface area contributed by atoms with Crippen LogP contribution in [0.4, 0.5) is 0 Å². The van der Waals surface area contributed by atoms with Crippen LogP contribution in [0.25, 0.3) is 0 Å². The molecule has 2 nitrogen and oxygen atoms in total. The molecule has 4 aliphatic rings. The molecule has 0 spiro atoms. The van der Waals surface area contributed by atoms with Gasteiger partial charge in [-0.1, -0.05) is 29.8 Å². The average molecular weight is 342 g/mol. The minimum absolute atomic E-state index is 0.0521. The van der Waals surface area contributed by atoms with Gasteiger partial charge >= 0.3 is 0 Å². The lowest BCUT2D eigenvalue weighted by Crippen LogP contribution is -2.60. The van der Waals surface area contributed by atoms with E-state index in [1.165, 1.54) is 19.3 Å². The van der Waals surface area contributed by atoms with Crippen LogP contribution in [0.3, 0.4) is 0 Å². The molecular formula is C17H28BrNO. The molecule has 0 saturated heterocycles. The van der Waals surface area contributed by atoms with Crippen molar-refractivity contribution in [1.82, 2.24) is 5.32 Å². The number of nitrogens with one attached hydrogen (secondary N) is 1. The normalized spacial score (nSPS) is 47.3. The van der Waals surface area contributed by atoms with E-state index in [1.54, 1.807) is 0 Å². The Kier molecular flexibility index (Phi) is 3.51. The van der Waals surface area contributed by atoms with E-state index in [0.717, 1.165) is 36.9 Å². The third-order valence-electron chi connectivity index (χ3n) is 6.03. The zero-order valence-electron chi connectivity index (χ0n) is 13.1. The molecule has 1 N–H and O–H groups in total. The third-order valence-corrected chi connectivity index (χ3v) is 6.49. The van der Waals surface area contributed by atoms with Crippen LogP contribution < -0.4 is 5.32 Å².